The van der Waals surface area contributed by atoms with Crippen molar-refractivity contribution in [3.8, 4) is 0 Å². The zero-order valence-corrected chi connectivity index (χ0v) is 5.50. The average Bonchev–Trinajstić information content (AvgIpc) is 2.39. The molecule has 0 saturated heterocycles. The molecule has 11 heavy (non-hydrogen) atoms. The Kier molecular flexibility index (Phi) is 2.21. The smallest absolute Gasteiger partial charge is 0.212 e. The van der Waals surface area contributed by atoms with Crippen LogP contribution in [0.25, 0.3) is 0 Å². The molecule has 58 valence electrons. The Labute approximate surface area is 62.0 Å². The molecular formula is C5H6N4O2. The Balaban J connectivity index is 2.76. The van der Waals surface area contributed by atoms with Crippen LogP contribution in [-0.4, -0.2) is 22.8 Å². The fourth-order valence-corrected chi connectivity index (χ4v) is 0.628. The third-order valence-electron chi connectivity index (χ3n) is 1.04. The van der Waals surface area contributed by atoms with Crippen LogP contribution in [-0.2, 0) is 9.59 Å². The number of aromatic amines is 1. The molecule has 1 aromatic rings. The van der Waals surface area contributed by atoms with E-state index in [1.807, 2.05) is 0 Å². The summed E-state index contributed by atoms with van der Waals surface area (Å²) < 4.78 is 0. The number of nitrogens with one attached hydrogen (secondary N) is 3. The summed E-state index contributed by atoms with van der Waals surface area (Å²) in [7, 11) is 0. The minimum Gasteiger partial charge on any atom is -0.329 e. The molecule has 0 fully saturated rings. The maximum absolute atomic E-state index is 9.95. The van der Waals surface area contributed by atoms with Gasteiger partial charge in [-0.1, -0.05) is 0 Å². The number of anilines is 2. The van der Waals surface area contributed by atoms with E-state index < -0.39 is 0 Å². The van der Waals surface area contributed by atoms with Crippen LogP contribution >= 0.6 is 0 Å². The van der Waals surface area contributed by atoms with Crippen LogP contribution in [0.5, 0.6) is 0 Å². The van der Waals surface area contributed by atoms with E-state index in [0.29, 0.717) is 24.5 Å². The first kappa shape index (κ1) is 7.26. The molecule has 0 aliphatic rings. The number of amides is 2. The average molecular weight is 154 g/mol. The second-order valence-corrected chi connectivity index (χ2v) is 1.65. The van der Waals surface area contributed by atoms with Crippen LogP contribution < -0.4 is 10.6 Å². The van der Waals surface area contributed by atoms with Crippen molar-refractivity contribution in [3.63, 3.8) is 0 Å². The molecule has 0 aliphatic heterocycles. The highest BCUT2D eigenvalue weighted by Gasteiger charge is 2.01. The van der Waals surface area contributed by atoms with E-state index in [1.54, 1.807) is 0 Å². The molecule has 2 amide bonds. The van der Waals surface area contributed by atoms with E-state index in [9.17, 15) is 9.59 Å². The van der Waals surface area contributed by atoms with Gasteiger partial charge in [0.25, 0.3) is 0 Å². The number of rotatable bonds is 4. The van der Waals surface area contributed by atoms with Gasteiger partial charge in [0, 0.05) is 0 Å². The molecular weight excluding hydrogens is 148 g/mol. The van der Waals surface area contributed by atoms with Crippen molar-refractivity contribution in [2.45, 2.75) is 0 Å². The fourth-order valence-electron chi connectivity index (χ4n) is 0.628. The van der Waals surface area contributed by atoms with Gasteiger partial charge < -0.3 is 15.6 Å². The van der Waals surface area contributed by atoms with E-state index in [4.69, 9.17) is 0 Å². The number of carbonyl (C=O) groups excluding carboxylic acids is 2. The molecule has 6 heteroatoms. The molecule has 1 heterocycles. The summed E-state index contributed by atoms with van der Waals surface area (Å²) in [6.45, 7) is 0. The Bertz CT molecular complexity index is 232. The Hall–Kier alpha value is -1.85. The van der Waals surface area contributed by atoms with E-state index in [0.717, 1.165) is 0 Å². The SMILES string of the molecule is O=CNc1nc[nH]c1NC=O. The second kappa shape index (κ2) is 3.35. The minimum atomic E-state index is 0.298. The largest absolute Gasteiger partial charge is 0.329 e. The number of hydrogen-bond acceptors (Lipinski definition) is 3. The van der Waals surface area contributed by atoms with Crippen molar-refractivity contribution in [2.24, 2.45) is 0 Å². The van der Waals surface area contributed by atoms with Crippen LogP contribution in [0.15, 0.2) is 6.33 Å². The first-order valence-electron chi connectivity index (χ1n) is 2.82. The normalized spacial score (nSPS) is 8.73. The molecule has 0 saturated carbocycles. The highest BCUT2D eigenvalue weighted by Crippen LogP contribution is 2.12. The first-order valence-corrected chi connectivity index (χ1v) is 2.82. The van der Waals surface area contributed by atoms with Gasteiger partial charge in [-0.3, -0.25) is 9.59 Å². The fraction of sp³-hybridized carbons (Fsp3) is 0. The van der Waals surface area contributed by atoms with Gasteiger partial charge in [0.1, 0.15) is 0 Å². The number of aromatic nitrogens is 2. The van der Waals surface area contributed by atoms with Crippen LogP contribution in [0.2, 0.25) is 0 Å². The van der Waals surface area contributed by atoms with Gasteiger partial charge in [-0.05, 0) is 0 Å². The summed E-state index contributed by atoms with van der Waals surface area (Å²) >= 11 is 0. The van der Waals surface area contributed by atoms with E-state index in [1.165, 1.54) is 6.33 Å². The van der Waals surface area contributed by atoms with Gasteiger partial charge in [0.15, 0.2) is 11.6 Å². The van der Waals surface area contributed by atoms with Gasteiger partial charge in [-0.2, -0.15) is 0 Å². The van der Waals surface area contributed by atoms with Crippen LogP contribution in [0.3, 0.4) is 0 Å². The Morgan fingerprint density at radius 3 is 2.73 bits per heavy atom. The lowest BCUT2D eigenvalue weighted by Crippen LogP contribution is -2.00. The molecule has 0 radical (unpaired) electrons. The number of hydrogen-bond donors (Lipinski definition) is 3. The summed E-state index contributed by atoms with van der Waals surface area (Å²) in [6.07, 6.45) is 2.33. The maximum atomic E-state index is 9.95. The van der Waals surface area contributed by atoms with Crippen molar-refractivity contribution < 1.29 is 9.59 Å². The minimum absolute atomic E-state index is 0.298. The Morgan fingerprint density at radius 2 is 2.09 bits per heavy atom. The molecule has 0 bridgehead atoms. The van der Waals surface area contributed by atoms with Crippen molar-refractivity contribution in [1.29, 1.82) is 0 Å². The van der Waals surface area contributed by atoms with Crippen molar-refractivity contribution >= 4 is 24.5 Å². The van der Waals surface area contributed by atoms with Crippen molar-refractivity contribution in [1.82, 2.24) is 9.97 Å². The standard InChI is InChI=1S/C5H6N4O2/c10-2-8-4-5(9-3-11)7-1-6-4/h1-3H,(H,6,7)(H,8,10)(H,9,11). The van der Waals surface area contributed by atoms with Crippen LogP contribution in [0, 0.1) is 0 Å². The highest BCUT2D eigenvalue weighted by atomic mass is 16.1. The third-order valence-corrected chi connectivity index (χ3v) is 1.04. The van der Waals surface area contributed by atoms with Gasteiger partial charge in [-0.25, -0.2) is 4.98 Å². The van der Waals surface area contributed by atoms with Gasteiger partial charge in [0.2, 0.25) is 12.8 Å². The summed E-state index contributed by atoms with van der Waals surface area (Å²) in [5.74, 6) is 0.666. The Morgan fingerprint density at radius 1 is 1.36 bits per heavy atom. The molecule has 6 nitrogen and oxygen atoms in total. The molecule has 0 aromatic carbocycles. The molecule has 0 unspecified atom stereocenters. The van der Waals surface area contributed by atoms with Crippen molar-refractivity contribution in [3.05, 3.63) is 6.33 Å². The summed E-state index contributed by atoms with van der Waals surface area (Å²) in [6, 6.07) is 0. The topological polar surface area (TPSA) is 86.9 Å². The lowest BCUT2D eigenvalue weighted by Gasteiger charge is -1.95. The lowest BCUT2D eigenvalue weighted by molar-refractivity contribution is -0.106. The number of H-pyrrole nitrogens is 1. The summed E-state index contributed by atoms with van der Waals surface area (Å²) in [5.41, 5.74) is 0. The van der Waals surface area contributed by atoms with E-state index in [2.05, 4.69) is 20.6 Å². The first-order chi connectivity index (χ1) is 5.38. The molecule has 0 aliphatic carbocycles. The molecule has 1 rings (SSSR count). The molecule has 0 atom stereocenters. The summed E-state index contributed by atoms with van der Waals surface area (Å²) in [4.78, 5) is 26.2. The molecule has 3 N–H and O–H groups in total. The van der Waals surface area contributed by atoms with Crippen LogP contribution in [0.1, 0.15) is 0 Å². The zero-order chi connectivity index (χ0) is 8.10. The summed E-state index contributed by atoms with van der Waals surface area (Å²) in [5, 5.41) is 4.62. The zero-order valence-electron chi connectivity index (χ0n) is 5.50. The predicted octanol–water partition coefficient (Wildman–Crippen LogP) is -0.454. The number of carbonyl (C=O) groups is 2. The van der Waals surface area contributed by atoms with Gasteiger partial charge in [0.05, 0.1) is 6.33 Å². The van der Waals surface area contributed by atoms with Gasteiger partial charge >= 0.3 is 0 Å². The molecule has 1 aromatic heterocycles. The van der Waals surface area contributed by atoms with E-state index in [-0.39, 0.29) is 0 Å². The third kappa shape index (κ3) is 1.54. The molecule has 0 spiro atoms. The lowest BCUT2D eigenvalue weighted by atomic mass is 10.6. The van der Waals surface area contributed by atoms with Crippen LogP contribution in [0.4, 0.5) is 11.6 Å². The van der Waals surface area contributed by atoms with Crippen molar-refractivity contribution in [2.75, 3.05) is 10.6 Å². The van der Waals surface area contributed by atoms with Gasteiger partial charge in [-0.15, -0.1) is 0 Å². The predicted molar refractivity (Wildman–Crippen MR) is 38.0 cm³/mol. The van der Waals surface area contributed by atoms with E-state index >= 15 is 0 Å². The number of imidazole rings is 1. The second-order valence-electron chi connectivity index (χ2n) is 1.65. The maximum Gasteiger partial charge on any atom is 0.212 e. The quantitative estimate of drug-likeness (QED) is 0.513. The number of nitrogens with zero attached hydrogens (tertiary/aromatic N) is 1. The highest BCUT2D eigenvalue weighted by molar-refractivity contribution is 5.81. The monoisotopic (exact) mass is 154 g/mol.